The maximum absolute atomic E-state index is 9.31. The molecule has 2 rings (SSSR count). The van der Waals surface area contributed by atoms with Gasteiger partial charge in [0.15, 0.2) is 0 Å². The molecule has 0 bridgehead atoms. The van der Waals surface area contributed by atoms with Crippen LogP contribution in [0.4, 0.5) is 0 Å². The number of methoxy groups -OCH3 is 1. The van der Waals surface area contributed by atoms with E-state index in [1.165, 1.54) is 5.56 Å². The Balaban J connectivity index is 2.46. The van der Waals surface area contributed by atoms with Crippen LogP contribution >= 0.6 is 0 Å². The van der Waals surface area contributed by atoms with Gasteiger partial charge in [-0.05, 0) is 36.0 Å². The maximum Gasteiger partial charge on any atom is 0.123 e. The largest absolute Gasteiger partial charge is 0.496 e. The molecular weight excluding hydrogens is 236 g/mol. The molecule has 0 spiro atoms. The van der Waals surface area contributed by atoms with Gasteiger partial charge in [0.25, 0.3) is 0 Å². The molecule has 1 aliphatic rings. The van der Waals surface area contributed by atoms with E-state index in [2.05, 4.69) is 39.0 Å². The normalized spacial score (nSPS) is 18.5. The molecule has 1 atom stereocenters. The molecule has 1 aromatic carbocycles. The van der Waals surface area contributed by atoms with E-state index in [0.717, 1.165) is 24.2 Å². The number of nitriles is 1. The summed E-state index contributed by atoms with van der Waals surface area (Å²) in [5, 5.41) is 9.31. The average molecular weight is 258 g/mol. The van der Waals surface area contributed by atoms with Crippen molar-refractivity contribution in [2.75, 3.05) is 7.11 Å². The molecule has 3 nitrogen and oxygen atoms in total. The van der Waals surface area contributed by atoms with Gasteiger partial charge in [0, 0.05) is 5.56 Å². The summed E-state index contributed by atoms with van der Waals surface area (Å²) in [5.74, 6) is 0.780. The van der Waals surface area contributed by atoms with Crippen LogP contribution in [0, 0.1) is 16.7 Å². The van der Waals surface area contributed by atoms with Crippen molar-refractivity contribution in [1.29, 1.82) is 5.26 Å². The van der Waals surface area contributed by atoms with E-state index < -0.39 is 0 Å². The van der Waals surface area contributed by atoms with Crippen molar-refractivity contribution in [1.82, 2.24) is 0 Å². The lowest BCUT2D eigenvalue weighted by molar-refractivity contribution is 0.395. The second-order valence-corrected chi connectivity index (χ2v) is 6.45. The third-order valence-electron chi connectivity index (χ3n) is 4.04. The van der Waals surface area contributed by atoms with E-state index in [1.807, 2.05) is 6.07 Å². The summed E-state index contributed by atoms with van der Waals surface area (Å²) in [4.78, 5) is 0. The van der Waals surface area contributed by atoms with Crippen LogP contribution in [0.15, 0.2) is 18.2 Å². The van der Waals surface area contributed by atoms with Gasteiger partial charge in [-0.3, -0.25) is 0 Å². The molecule has 0 amide bonds. The Bertz CT molecular complexity index is 519. The Kier molecular flexibility index (Phi) is 3.32. The first kappa shape index (κ1) is 13.9. The summed E-state index contributed by atoms with van der Waals surface area (Å²) in [6, 6.07) is 8.24. The van der Waals surface area contributed by atoms with Crippen LogP contribution < -0.4 is 10.5 Å². The minimum Gasteiger partial charge on any atom is -0.496 e. The van der Waals surface area contributed by atoms with Crippen LogP contribution in [0.3, 0.4) is 0 Å². The first-order chi connectivity index (χ1) is 8.84. The van der Waals surface area contributed by atoms with Crippen LogP contribution in [-0.2, 0) is 5.41 Å². The van der Waals surface area contributed by atoms with Crippen molar-refractivity contribution < 1.29 is 4.74 Å². The van der Waals surface area contributed by atoms with Crippen LogP contribution in [0.1, 0.15) is 50.8 Å². The predicted molar refractivity (Wildman–Crippen MR) is 75.9 cm³/mol. The zero-order valence-electron chi connectivity index (χ0n) is 12.2. The van der Waals surface area contributed by atoms with Gasteiger partial charge in [-0.25, -0.2) is 0 Å². The van der Waals surface area contributed by atoms with Crippen molar-refractivity contribution >= 4 is 0 Å². The molecule has 2 N–H and O–H groups in total. The SMILES string of the molecule is COc1ccc(C(C)(C)C)cc1C(N)C1(C#N)CC1. The zero-order valence-corrected chi connectivity index (χ0v) is 12.2. The second kappa shape index (κ2) is 4.54. The average Bonchev–Trinajstić information content (AvgIpc) is 3.17. The standard InChI is InChI=1S/C16H22N2O/c1-15(2,3)11-5-6-13(19-4)12(9-11)14(18)16(10-17)7-8-16/h5-6,9,14H,7-8,18H2,1-4H3. The number of hydrogen-bond acceptors (Lipinski definition) is 3. The number of nitrogens with two attached hydrogens (primary N) is 1. The molecule has 3 heteroatoms. The molecule has 1 saturated carbocycles. The molecule has 0 saturated heterocycles. The van der Waals surface area contributed by atoms with Crippen LogP contribution in [0.25, 0.3) is 0 Å². The van der Waals surface area contributed by atoms with E-state index >= 15 is 0 Å². The maximum atomic E-state index is 9.31. The topological polar surface area (TPSA) is 59.0 Å². The lowest BCUT2D eigenvalue weighted by Gasteiger charge is -2.24. The highest BCUT2D eigenvalue weighted by atomic mass is 16.5. The number of ether oxygens (including phenoxy) is 1. The molecule has 1 aromatic rings. The van der Waals surface area contributed by atoms with Gasteiger partial charge in [-0.15, -0.1) is 0 Å². The molecule has 0 aromatic heterocycles. The van der Waals surface area contributed by atoms with Crippen molar-refractivity contribution in [2.45, 2.75) is 45.1 Å². The minimum absolute atomic E-state index is 0.0596. The molecule has 0 aliphatic heterocycles. The number of nitrogens with zero attached hydrogens (tertiary/aromatic N) is 1. The molecule has 1 fully saturated rings. The first-order valence-electron chi connectivity index (χ1n) is 6.69. The number of hydrogen-bond donors (Lipinski definition) is 1. The van der Waals surface area contributed by atoms with Crippen molar-refractivity contribution in [2.24, 2.45) is 11.1 Å². The van der Waals surface area contributed by atoms with Crippen LogP contribution in [-0.4, -0.2) is 7.11 Å². The van der Waals surface area contributed by atoms with Gasteiger partial charge in [0.05, 0.1) is 24.6 Å². The molecule has 19 heavy (non-hydrogen) atoms. The van der Waals surface area contributed by atoms with Gasteiger partial charge in [-0.1, -0.05) is 26.8 Å². The highest BCUT2D eigenvalue weighted by Gasteiger charge is 2.50. The fourth-order valence-electron chi connectivity index (χ4n) is 2.37. The Morgan fingerprint density at radius 1 is 1.37 bits per heavy atom. The Morgan fingerprint density at radius 3 is 2.42 bits per heavy atom. The van der Waals surface area contributed by atoms with Gasteiger partial charge in [0.2, 0.25) is 0 Å². The van der Waals surface area contributed by atoms with E-state index in [9.17, 15) is 5.26 Å². The number of rotatable bonds is 3. The van der Waals surface area contributed by atoms with Crippen molar-refractivity contribution in [3.05, 3.63) is 29.3 Å². The summed E-state index contributed by atoms with van der Waals surface area (Å²) in [5.41, 5.74) is 8.17. The quantitative estimate of drug-likeness (QED) is 0.905. The zero-order chi connectivity index (χ0) is 14.3. The lowest BCUT2D eigenvalue weighted by Crippen LogP contribution is -2.23. The third kappa shape index (κ3) is 2.46. The fourth-order valence-corrected chi connectivity index (χ4v) is 2.37. The second-order valence-electron chi connectivity index (χ2n) is 6.45. The molecule has 1 unspecified atom stereocenters. The monoisotopic (exact) mass is 258 g/mol. The van der Waals surface area contributed by atoms with Crippen LogP contribution in [0.5, 0.6) is 5.75 Å². The summed E-state index contributed by atoms with van der Waals surface area (Å²) < 4.78 is 5.41. The third-order valence-corrected chi connectivity index (χ3v) is 4.04. The smallest absolute Gasteiger partial charge is 0.123 e. The molecule has 0 radical (unpaired) electrons. The van der Waals surface area contributed by atoms with E-state index in [-0.39, 0.29) is 16.9 Å². The van der Waals surface area contributed by atoms with Gasteiger partial charge >= 0.3 is 0 Å². The summed E-state index contributed by atoms with van der Waals surface area (Å²) in [7, 11) is 1.65. The molecule has 0 heterocycles. The predicted octanol–water partition coefficient (Wildman–Crippen LogP) is 3.30. The first-order valence-corrected chi connectivity index (χ1v) is 6.69. The van der Waals surface area contributed by atoms with Gasteiger partial charge < -0.3 is 10.5 Å². The lowest BCUT2D eigenvalue weighted by atomic mass is 9.83. The molecular formula is C16H22N2O. The molecule has 1 aliphatic carbocycles. The summed E-state index contributed by atoms with van der Waals surface area (Å²) in [6.07, 6.45) is 1.77. The van der Waals surface area contributed by atoms with E-state index in [1.54, 1.807) is 7.11 Å². The Hall–Kier alpha value is -1.53. The van der Waals surface area contributed by atoms with E-state index in [0.29, 0.717) is 0 Å². The van der Waals surface area contributed by atoms with Gasteiger partial charge in [0.1, 0.15) is 5.75 Å². The van der Waals surface area contributed by atoms with Crippen molar-refractivity contribution in [3.63, 3.8) is 0 Å². The highest BCUT2D eigenvalue weighted by molar-refractivity contribution is 5.44. The Morgan fingerprint density at radius 2 is 2.00 bits per heavy atom. The van der Waals surface area contributed by atoms with Gasteiger partial charge in [-0.2, -0.15) is 5.26 Å². The number of benzene rings is 1. The minimum atomic E-state index is -0.385. The van der Waals surface area contributed by atoms with E-state index in [4.69, 9.17) is 10.5 Å². The van der Waals surface area contributed by atoms with Crippen molar-refractivity contribution in [3.8, 4) is 11.8 Å². The fraction of sp³-hybridized carbons (Fsp3) is 0.562. The highest BCUT2D eigenvalue weighted by Crippen LogP contribution is 2.54. The molecule has 102 valence electrons. The van der Waals surface area contributed by atoms with Crippen LogP contribution in [0.2, 0.25) is 0 Å². The Labute approximate surface area is 115 Å². The summed E-state index contributed by atoms with van der Waals surface area (Å²) in [6.45, 7) is 6.50. The summed E-state index contributed by atoms with van der Waals surface area (Å²) >= 11 is 0.